The minimum Gasteiger partial charge on any atom is -0.382 e. The van der Waals surface area contributed by atoms with Gasteiger partial charge < -0.3 is 35.5 Å². The smallest absolute Gasteiger partial charge is 0.382 e. The summed E-state index contributed by atoms with van der Waals surface area (Å²) in [7, 11) is -9.76. The lowest BCUT2D eigenvalue weighted by Crippen LogP contribution is -2.45. The number of hydrogen-bond donors (Lipinski definition) is 5. The summed E-state index contributed by atoms with van der Waals surface area (Å²) in [5.74, 6) is -0.0960. The highest BCUT2D eigenvalue weighted by Gasteiger charge is 2.66. The minimum absolute atomic E-state index is 0.00251. The van der Waals surface area contributed by atoms with Crippen LogP contribution < -0.4 is 17.0 Å². The molecule has 4 unspecified atom stereocenters. The maximum Gasteiger partial charge on any atom is 0.472 e. The Hall–Kier alpha value is -3.40. The van der Waals surface area contributed by atoms with Gasteiger partial charge in [0.1, 0.15) is 35.8 Å². The Morgan fingerprint density at radius 1 is 0.956 bits per heavy atom. The van der Waals surface area contributed by atoms with Crippen molar-refractivity contribution < 1.29 is 51.2 Å². The second-order valence-corrected chi connectivity index (χ2v) is 13.6. The van der Waals surface area contributed by atoms with Gasteiger partial charge in [-0.25, -0.2) is 29.1 Å². The lowest BCUT2D eigenvalue weighted by Gasteiger charge is -2.32. The number of nitrogens with one attached hydrogen (secondary N) is 1. The number of imidazole rings is 2. The number of nitrogen functional groups attached to an aromatic ring is 2. The van der Waals surface area contributed by atoms with Crippen molar-refractivity contribution >= 4 is 49.7 Å². The average Bonchev–Trinajstić information content (AvgIpc) is 3.79. The molecule has 0 amide bonds. The molecule has 8 heterocycles. The van der Waals surface area contributed by atoms with Crippen LogP contribution in [0.4, 0.5) is 11.8 Å². The molecular formula is C21H24N10O12P2. The van der Waals surface area contributed by atoms with Crippen LogP contribution >= 0.6 is 15.6 Å². The number of H-pyrrole nitrogens is 1. The molecule has 4 aromatic heterocycles. The summed E-state index contributed by atoms with van der Waals surface area (Å²) in [6, 6.07) is 0. The zero-order valence-corrected chi connectivity index (χ0v) is 24.5. The van der Waals surface area contributed by atoms with E-state index in [1.807, 2.05) is 0 Å². The van der Waals surface area contributed by atoms with E-state index in [-0.39, 0.29) is 47.1 Å². The van der Waals surface area contributed by atoms with Crippen molar-refractivity contribution in [2.24, 2.45) is 0 Å². The number of aromatic amines is 1. The Bertz CT molecular complexity index is 1990. The molecule has 4 aromatic rings. The van der Waals surface area contributed by atoms with Crippen LogP contribution in [0.2, 0.25) is 0 Å². The molecule has 22 nitrogen and oxygen atoms in total. The van der Waals surface area contributed by atoms with Crippen LogP contribution in [0.3, 0.4) is 0 Å². The second-order valence-electron chi connectivity index (χ2n) is 10.8. The fourth-order valence-electron chi connectivity index (χ4n) is 5.97. The van der Waals surface area contributed by atoms with Crippen molar-refractivity contribution in [3.63, 3.8) is 0 Å². The van der Waals surface area contributed by atoms with Crippen LogP contribution in [-0.4, -0.2) is 98.7 Å². The molecule has 240 valence electrons. The Balaban J connectivity index is 1.12. The van der Waals surface area contributed by atoms with Gasteiger partial charge in [-0.2, -0.15) is 4.98 Å². The third-order valence-corrected chi connectivity index (χ3v) is 9.88. The lowest BCUT2D eigenvalue weighted by molar-refractivity contribution is -0.184. The van der Waals surface area contributed by atoms with E-state index >= 15 is 0 Å². The molecule has 9 atom stereocenters. The van der Waals surface area contributed by atoms with Crippen LogP contribution in [-0.2, 0) is 41.4 Å². The maximum atomic E-state index is 13.4. The van der Waals surface area contributed by atoms with E-state index in [1.165, 1.54) is 28.1 Å². The number of ether oxygens (including phenoxy) is 3. The minimum atomic E-state index is -4.91. The van der Waals surface area contributed by atoms with Gasteiger partial charge in [0.15, 0.2) is 35.1 Å². The number of aromatic nitrogens is 8. The Morgan fingerprint density at radius 3 is 2.53 bits per heavy atom. The topological polar surface area (TPSA) is 298 Å². The molecule has 4 fully saturated rings. The first-order valence-electron chi connectivity index (χ1n) is 13.3. The molecule has 0 aromatic carbocycles. The molecule has 4 saturated heterocycles. The third kappa shape index (κ3) is 4.77. The Morgan fingerprint density at radius 2 is 1.71 bits per heavy atom. The predicted molar refractivity (Wildman–Crippen MR) is 145 cm³/mol. The fraction of sp³-hybridized carbons (Fsp3) is 0.524. The molecule has 4 aliphatic heterocycles. The third-order valence-electron chi connectivity index (χ3n) is 7.92. The van der Waals surface area contributed by atoms with Gasteiger partial charge in [-0.05, 0) is 0 Å². The van der Waals surface area contributed by atoms with Crippen LogP contribution in [0.15, 0.2) is 23.8 Å². The van der Waals surface area contributed by atoms with Crippen molar-refractivity contribution in [2.75, 3.05) is 31.3 Å². The largest absolute Gasteiger partial charge is 0.472 e. The zero-order valence-electron chi connectivity index (χ0n) is 22.7. The Kier molecular flexibility index (Phi) is 6.48. The summed E-state index contributed by atoms with van der Waals surface area (Å²) >= 11 is 0. The van der Waals surface area contributed by atoms with Gasteiger partial charge in [0, 0.05) is 6.42 Å². The maximum absolute atomic E-state index is 13.4. The van der Waals surface area contributed by atoms with E-state index in [0.29, 0.717) is 0 Å². The van der Waals surface area contributed by atoms with Gasteiger partial charge in [-0.15, -0.1) is 0 Å². The number of phosphoric ester groups is 2. The van der Waals surface area contributed by atoms with Gasteiger partial charge in [0.25, 0.3) is 5.56 Å². The molecule has 4 aliphatic rings. The molecule has 0 saturated carbocycles. The van der Waals surface area contributed by atoms with Gasteiger partial charge in [0.05, 0.1) is 38.6 Å². The van der Waals surface area contributed by atoms with Crippen molar-refractivity contribution in [3.05, 3.63) is 29.3 Å². The van der Waals surface area contributed by atoms with Crippen molar-refractivity contribution in [1.29, 1.82) is 0 Å². The summed E-state index contributed by atoms with van der Waals surface area (Å²) in [4.78, 5) is 56.7. The van der Waals surface area contributed by atoms with Crippen molar-refractivity contribution in [1.82, 2.24) is 39.0 Å². The monoisotopic (exact) mass is 670 g/mol. The van der Waals surface area contributed by atoms with Gasteiger partial charge in [-0.3, -0.25) is 37.0 Å². The summed E-state index contributed by atoms with van der Waals surface area (Å²) in [5.41, 5.74) is 9.78. The van der Waals surface area contributed by atoms with E-state index < -0.39 is 76.9 Å². The standard InChI is InChI=1S/C21H24N10O12P2/c22-14-10-15(25-5-24-14)30(6-26-10)19-12-13-21(41-19,3-37-12)4-39-45(35,36)42-9-1-8(2-38-44(33,34)43-13)40-18(9)31-7-27-11-16(31)28-20(23)29-17(11)32/h5-9,12-13,18-19H,1-4H2,(H,33,34)(H,35,36)(H2,22,24,25)(H3,23,28,29,32)/t8-,9?,12?,13+,18+,19+,21+/m0/s1. The molecular weight excluding hydrogens is 646 g/mol. The number of phosphoric acid groups is 2. The highest BCUT2D eigenvalue weighted by atomic mass is 31.2. The molecule has 0 aliphatic carbocycles. The van der Waals surface area contributed by atoms with Crippen LogP contribution in [0, 0.1) is 0 Å². The van der Waals surface area contributed by atoms with Crippen molar-refractivity contribution in [2.45, 2.75) is 48.9 Å². The highest BCUT2D eigenvalue weighted by molar-refractivity contribution is 7.47. The van der Waals surface area contributed by atoms with E-state index in [0.717, 1.165) is 0 Å². The van der Waals surface area contributed by atoms with E-state index in [1.54, 1.807) is 0 Å². The van der Waals surface area contributed by atoms with E-state index in [4.69, 9.17) is 43.8 Å². The summed E-state index contributed by atoms with van der Waals surface area (Å²) < 4.78 is 69.4. The van der Waals surface area contributed by atoms with Gasteiger partial charge >= 0.3 is 15.6 Å². The average molecular weight is 670 g/mol. The molecule has 0 radical (unpaired) electrons. The fourth-order valence-corrected chi connectivity index (χ4v) is 7.96. The number of anilines is 2. The molecule has 8 rings (SSSR count). The first-order chi connectivity index (χ1) is 21.4. The van der Waals surface area contributed by atoms with Crippen LogP contribution in [0.5, 0.6) is 0 Å². The number of hydrogen-bond acceptors (Lipinski definition) is 17. The van der Waals surface area contributed by atoms with E-state index in [9.17, 15) is 23.7 Å². The zero-order chi connectivity index (χ0) is 31.3. The first-order valence-corrected chi connectivity index (χ1v) is 16.3. The molecule has 7 N–H and O–H groups in total. The molecule has 24 heteroatoms. The van der Waals surface area contributed by atoms with E-state index in [2.05, 4.69) is 29.9 Å². The second kappa shape index (κ2) is 10.0. The number of rotatable bonds is 2. The van der Waals surface area contributed by atoms with Gasteiger partial charge in [0.2, 0.25) is 5.95 Å². The number of fused-ring (bicyclic) bond motifs is 4. The quantitative estimate of drug-likeness (QED) is 0.161. The summed E-state index contributed by atoms with van der Waals surface area (Å²) in [6.07, 6.45) is -3.07. The summed E-state index contributed by atoms with van der Waals surface area (Å²) in [5, 5.41) is 0. The normalized spacial score (nSPS) is 38.6. The van der Waals surface area contributed by atoms with Crippen LogP contribution in [0.25, 0.3) is 22.3 Å². The molecule has 45 heavy (non-hydrogen) atoms. The van der Waals surface area contributed by atoms with Crippen molar-refractivity contribution in [3.8, 4) is 0 Å². The predicted octanol–water partition coefficient (Wildman–Crippen LogP) is -0.904. The molecule has 4 bridgehead atoms. The highest BCUT2D eigenvalue weighted by Crippen LogP contribution is 2.58. The summed E-state index contributed by atoms with van der Waals surface area (Å²) in [6.45, 7) is -1.42. The van der Waals surface area contributed by atoms with Gasteiger partial charge in [-0.1, -0.05) is 0 Å². The lowest BCUT2D eigenvalue weighted by atomic mass is 10.0. The number of nitrogens with two attached hydrogens (primary N) is 2. The Labute approximate surface area is 249 Å². The first kappa shape index (κ1) is 29.0. The number of nitrogens with zero attached hydrogens (tertiary/aromatic N) is 7. The van der Waals surface area contributed by atoms with Crippen LogP contribution in [0.1, 0.15) is 18.9 Å². The molecule has 0 spiro atoms. The SMILES string of the molecule is Nc1nc2c(ncn2[C@@H]2O[C@@H]3COP(=O)(O)O[C@@H]4C5OC[C@]4(COP(=O)(O)OC2C3)O[C@H]5n2cnc3c(N)ncnc32)c(=O)[nH]1.